The summed E-state index contributed by atoms with van der Waals surface area (Å²) >= 11 is 0. The second-order valence-electron chi connectivity index (χ2n) is 1.64. The van der Waals surface area contributed by atoms with Crippen molar-refractivity contribution in [2.24, 2.45) is 4.99 Å². The van der Waals surface area contributed by atoms with Gasteiger partial charge in [0.15, 0.2) is 0 Å². The Morgan fingerprint density at radius 3 is 3.10 bits per heavy atom. The second-order valence-corrected chi connectivity index (χ2v) is 2.86. The van der Waals surface area contributed by atoms with Gasteiger partial charge < -0.3 is 8.85 Å². The van der Waals surface area contributed by atoms with Gasteiger partial charge in [-0.05, 0) is 6.42 Å². The molecule has 0 saturated heterocycles. The van der Waals surface area contributed by atoms with E-state index in [4.69, 9.17) is 8.85 Å². The summed E-state index contributed by atoms with van der Waals surface area (Å²) < 4.78 is 9.81. The third kappa shape index (κ3) is 7.52. The van der Waals surface area contributed by atoms with Crippen molar-refractivity contribution >= 4 is 16.1 Å². The maximum absolute atomic E-state index is 9.55. The second kappa shape index (κ2) is 8.52. The molecule has 0 amide bonds. The standard InChI is InChI=1S/C5H11NO3Si/c1-8-10-9-4-2-3-6-5-7/h2-4,10H2,1H3. The summed E-state index contributed by atoms with van der Waals surface area (Å²) in [5.41, 5.74) is 0. The van der Waals surface area contributed by atoms with E-state index in [0.717, 1.165) is 6.42 Å². The predicted octanol–water partition coefficient (Wildman–Crippen LogP) is -0.626. The van der Waals surface area contributed by atoms with Crippen molar-refractivity contribution in [3.63, 3.8) is 0 Å². The Hall–Kier alpha value is -0.483. The Morgan fingerprint density at radius 2 is 2.50 bits per heavy atom. The molecule has 0 N–H and O–H groups in total. The highest BCUT2D eigenvalue weighted by molar-refractivity contribution is 6.17. The van der Waals surface area contributed by atoms with Crippen LogP contribution >= 0.6 is 0 Å². The first kappa shape index (κ1) is 9.52. The topological polar surface area (TPSA) is 47.9 Å². The van der Waals surface area contributed by atoms with Crippen molar-refractivity contribution in [2.75, 3.05) is 20.3 Å². The van der Waals surface area contributed by atoms with E-state index in [1.807, 2.05) is 0 Å². The molecule has 5 heteroatoms. The van der Waals surface area contributed by atoms with E-state index in [0.29, 0.717) is 13.2 Å². The molecule has 0 aromatic heterocycles. The number of hydrogen-bond acceptors (Lipinski definition) is 4. The van der Waals surface area contributed by atoms with Gasteiger partial charge in [-0.2, -0.15) is 0 Å². The van der Waals surface area contributed by atoms with Gasteiger partial charge in [0, 0.05) is 13.7 Å². The summed E-state index contributed by atoms with van der Waals surface area (Å²) in [4.78, 5) is 12.9. The largest absolute Gasteiger partial charge is 0.402 e. The summed E-state index contributed by atoms with van der Waals surface area (Å²) in [5.74, 6) is 0. The van der Waals surface area contributed by atoms with E-state index in [2.05, 4.69) is 4.99 Å². The molecule has 0 bridgehead atoms. The summed E-state index contributed by atoms with van der Waals surface area (Å²) in [6.07, 6.45) is 2.23. The normalized spacial score (nSPS) is 10.1. The third-order valence-electron chi connectivity index (χ3n) is 0.824. The highest BCUT2D eigenvalue weighted by Gasteiger charge is 1.85. The number of aliphatic imine (C=N–C) groups is 1. The van der Waals surface area contributed by atoms with Crippen LogP contribution in [0.4, 0.5) is 0 Å². The molecular formula is C5H11NO3Si. The number of rotatable bonds is 6. The average molecular weight is 161 g/mol. The Bertz CT molecular complexity index is 113. The minimum atomic E-state index is -0.753. The van der Waals surface area contributed by atoms with E-state index in [-0.39, 0.29) is 0 Å². The lowest BCUT2D eigenvalue weighted by Gasteiger charge is -1.97. The molecule has 0 aromatic carbocycles. The first-order chi connectivity index (χ1) is 4.91. The molecule has 0 heterocycles. The Labute approximate surface area is 62.3 Å². The molecular weight excluding hydrogens is 150 g/mol. The summed E-state index contributed by atoms with van der Waals surface area (Å²) in [5, 5.41) is 0. The Kier molecular flexibility index (Phi) is 8.11. The minimum absolute atomic E-state index is 0.502. The van der Waals surface area contributed by atoms with Crippen LogP contribution in [0.15, 0.2) is 4.99 Å². The van der Waals surface area contributed by atoms with Crippen LogP contribution in [0.2, 0.25) is 0 Å². The zero-order chi connectivity index (χ0) is 7.66. The van der Waals surface area contributed by atoms with Crippen LogP contribution in [0.1, 0.15) is 6.42 Å². The summed E-state index contributed by atoms with van der Waals surface area (Å²) in [7, 11) is 0.868. The molecule has 0 unspecified atom stereocenters. The Balaban J connectivity index is 2.83. The van der Waals surface area contributed by atoms with Gasteiger partial charge in [-0.3, -0.25) is 0 Å². The van der Waals surface area contributed by atoms with Gasteiger partial charge in [0.2, 0.25) is 6.08 Å². The Morgan fingerprint density at radius 1 is 1.70 bits per heavy atom. The predicted molar refractivity (Wildman–Crippen MR) is 39.1 cm³/mol. The van der Waals surface area contributed by atoms with Crippen molar-refractivity contribution in [1.29, 1.82) is 0 Å². The molecule has 0 aliphatic heterocycles. The van der Waals surface area contributed by atoms with E-state index < -0.39 is 10.0 Å². The molecule has 0 aromatic rings. The molecule has 0 fully saturated rings. The zero-order valence-corrected chi connectivity index (χ0v) is 7.41. The first-order valence-electron chi connectivity index (χ1n) is 3.02. The highest BCUT2D eigenvalue weighted by atomic mass is 28.3. The quantitative estimate of drug-likeness (QED) is 0.226. The molecule has 0 spiro atoms. The van der Waals surface area contributed by atoms with Crippen LogP contribution in [-0.2, 0) is 13.6 Å². The molecule has 0 saturated carbocycles. The van der Waals surface area contributed by atoms with Crippen LogP contribution in [-0.4, -0.2) is 36.3 Å². The molecule has 58 valence electrons. The van der Waals surface area contributed by atoms with Crippen molar-refractivity contribution < 1.29 is 13.6 Å². The molecule has 0 aliphatic rings. The van der Waals surface area contributed by atoms with Gasteiger partial charge in [0.05, 0.1) is 6.54 Å². The van der Waals surface area contributed by atoms with E-state index in [1.165, 1.54) is 6.08 Å². The number of nitrogens with zero attached hydrogens (tertiary/aromatic N) is 1. The first-order valence-corrected chi connectivity index (χ1v) is 4.17. The van der Waals surface area contributed by atoms with Crippen LogP contribution < -0.4 is 0 Å². The summed E-state index contributed by atoms with van der Waals surface area (Å²) in [6, 6.07) is 0. The van der Waals surface area contributed by atoms with Crippen LogP contribution in [0, 0.1) is 0 Å². The third-order valence-corrected chi connectivity index (χ3v) is 1.52. The van der Waals surface area contributed by atoms with Crippen LogP contribution in [0.25, 0.3) is 0 Å². The van der Waals surface area contributed by atoms with Gasteiger partial charge in [-0.25, -0.2) is 9.79 Å². The molecule has 4 nitrogen and oxygen atoms in total. The zero-order valence-electron chi connectivity index (χ0n) is 6.00. The monoisotopic (exact) mass is 161 g/mol. The van der Waals surface area contributed by atoms with Gasteiger partial charge in [-0.1, -0.05) is 0 Å². The SMILES string of the molecule is CO[SiH2]OCCCN=C=O. The molecule has 0 rings (SSSR count). The lowest BCUT2D eigenvalue weighted by atomic mass is 10.5. The fourth-order valence-electron chi connectivity index (χ4n) is 0.434. The van der Waals surface area contributed by atoms with Crippen molar-refractivity contribution in [1.82, 2.24) is 0 Å². The smallest absolute Gasteiger partial charge is 0.304 e. The van der Waals surface area contributed by atoms with E-state index in [9.17, 15) is 4.79 Å². The van der Waals surface area contributed by atoms with E-state index >= 15 is 0 Å². The maximum atomic E-state index is 9.55. The number of hydrogen-bond donors (Lipinski definition) is 0. The lowest BCUT2D eigenvalue weighted by Crippen LogP contribution is -2.03. The van der Waals surface area contributed by atoms with Crippen molar-refractivity contribution in [3.8, 4) is 0 Å². The van der Waals surface area contributed by atoms with Gasteiger partial charge in [0.1, 0.15) is 0 Å². The fourth-order valence-corrected chi connectivity index (χ4v) is 0.922. The van der Waals surface area contributed by atoms with Gasteiger partial charge >= 0.3 is 10.0 Å². The minimum Gasteiger partial charge on any atom is -0.402 e. The van der Waals surface area contributed by atoms with Crippen molar-refractivity contribution in [3.05, 3.63) is 0 Å². The van der Waals surface area contributed by atoms with E-state index in [1.54, 1.807) is 7.11 Å². The molecule has 10 heavy (non-hydrogen) atoms. The van der Waals surface area contributed by atoms with Crippen molar-refractivity contribution in [2.45, 2.75) is 6.42 Å². The summed E-state index contributed by atoms with van der Waals surface area (Å²) in [6.45, 7) is 1.13. The lowest BCUT2D eigenvalue weighted by molar-refractivity contribution is 0.254. The molecule has 0 aliphatic carbocycles. The number of isocyanates is 1. The average Bonchev–Trinajstić information content (AvgIpc) is 1.97. The maximum Gasteiger partial charge on any atom is 0.304 e. The highest BCUT2D eigenvalue weighted by Crippen LogP contribution is 1.81. The van der Waals surface area contributed by atoms with Crippen LogP contribution in [0.5, 0.6) is 0 Å². The fraction of sp³-hybridized carbons (Fsp3) is 0.800. The van der Waals surface area contributed by atoms with Gasteiger partial charge in [0.25, 0.3) is 0 Å². The van der Waals surface area contributed by atoms with Crippen LogP contribution in [0.3, 0.4) is 0 Å². The number of carbonyl (C=O) groups excluding carboxylic acids is 1. The molecule has 0 atom stereocenters. The van der Waals surface area contributed by atoms with Gasteiger partial charge in [-0.15, -0.1) is 0 Å². The molecule has 0 radical (unpaired) electrons.